The van der Waals surface area contributed by atoms with Gasteiger partial charge < -0.3 is 29.3 Å². The fourth-order valence-electron chi connectivity index (χ4n) is 4.30. The molecule has 0 radical (unpaired) electrons. The normalized spacial score (nSPS) is 23.2. The van der Waals surface area contributed by atoms with Gasteiger partial charge in [-0.15, -0.1) is 0 Å². The van der Waals surface area contributed by atoms with Gasteiger partial charge in [0.05, 0.1) is 13.2 Å². The first-order valence-electron chi connectivity index (χ1n) is 10.9. The molecule has 2 aromatic rings. The van der Waals surface area contributed by atoms with E-state index >= 15 is 0 Å². The first kappa shape index (κ1) is 20.8. The maximum atomic E-state index is 12.8. The molecule has 4 rings (SSSR count). The number of aromatic nitrogens is 1. The molecule has 2 aliphatic heterocycles. The maximum Gasteiger partial charge on any atom is 0.282 e. The van der Waals surface area contributed by atoms with Crippen LogP contribution in [0.1, 0.15) is 18.4 Å². The summed E-state index contributed by atoms with van der Waals surface area (Å²) in [6.45, 7) is 12.2. The van der Waals surface area contributed by atoms with E-state index in [9.17, 15) is 4.79 Å². The molecule has 8 nitrogen and oxygen atoms in total. The van der Waals surface area contributed by atoms with Crippen molar-refractivity contribution in [3.63, 3.8) is 0 Å². The largest absolute Gasteiger partial charge is 0.378 e. The van der Waals surface area contributed by atoms with Gasteiger partial charge in [0.1, 0.15) is 44.2 Å². The molecule has 1 aromatic heterocycles. The summed E-state index contributed by atoms with van der Waals surface area (Å²) in [5.74, 6) is 0.941. The van der Waals surface area contributed by atoms with Crippen molar-refractivity contribution in [2.45, 2.75) is 26.4 Å². The summed E-state index contributed by atoms with van der Waals surface area (Å²) >= 11 is 0. The van der Waals surface area contributed by atoms with Crippen LogP contribution in [0.15, 0.2) is 34.9 Å². The third-order valence-electron chi connectivity index (χ3n) is 6.22. The Labute approximate surface area is 177 Å². The second kappa shape index (κ2) is 9.59. The van der Waals surface area contributed by atoms with Crippen LogP contribution in [-0.2, 0) is 16.1 Å². The van der Waals surface area contributed by atoms with Crippen molar-refractivity contribution in [3.8, 4) is 0 Å². The highest BCUT2D eigenvalue weighted by molar-refractivity contribution is 5.93. The molecule has 3 N–H and O–H groups in total. The summed E-state index contributed by atoms with van der Waals surface area (Å²) in [6, 6.07) is 10.1. The number of carbonyl (C=O) groups is 1. The summed E-state index contributed by atoms with van der Waals surface area (Å²) in [6.07, 6.45) is 0. The summed E-state index contributed by atoms with van der Waals surface area (Å²) in [5.41, 5.74) is 3.04. The van der Waals surface area contributed by atoms with Crippen LogP contribution in [0, 0.1) is 6.92 Å². The first-order chi connectivity index (χ1) is 14.6. The topological polar surface area (TPSA) is 76.5 Å². The summed E-state index contributed by atoms with van der Waals surface area (Å²) < 4.78 is 10.6. The lowest BCUT2D eigenvalue weighted by molar-refractivity contribution is -1.02. The van der Waals surface area contributed by atoms with E-state index in [1.165, 1.54) is 15.5 Å². The average Bonchev–Trinajstić information content (AvgIpc) is 3.19. The number of hydrogen-bond acceptors (Lipinski definition) is 5. The van der Waals surface area contributed by atoms with Gasteiger partial charge in [-0.2, -0.15) is 0 Å². The number of ether oxygens (including phenoxy) is 1. The number of morpholine rings is 1. The molecule has 8 heteroatoms. The lowest BCUT2D eigenvalue weighted by atomic mass is 10.2. The Kier molecular flexibility index (Phi) is 6.66. The van der Waals surface area contributed by atoms with Gasteiger partial charge in [0, 0.05) is 30.5 Å². The Balaban J connectivity index is 1.24. The zero-order valence-corrected chi connectivity index (χ0v) is 17.9. The molecule has 1 amide bonds. The molecular weight excluding hydrogens is 382 g/mol. The van der Waals surface area contributed by atoms with Crippen LogP contribution in [0.3, 0.4) is 0 Å². The summed E-state index contributed by atoms with van der Waals surface area (Å²) in [5, 5.41) is 7.19. The van der Waals surface area contributed by atoms with Gasteiger partial charge in [0.2, 0.25) is 0 Å². The zero-order chi connectivity index (χ0) is 20.9. The second-order valence-electron chi connectivity index (χ2n) is 8.37. The number of aryl methyl sites for hydroxylation is 1. The summed E-state index contributed by atoms with van der Waals surface area (Å²) in [7, 11) is 0. The number of benzene rings is 1. The van der Waals surface area contributed by atoms with Crippen LogP contribution < -0.4 is 20.0 Å². The Morgan fingerprint density at radius 1 is 1.17 bits per heavy atom. The van der Waals surface area contributed by atoms with Crippen LogP contribution >= 0.6 is 0 Å². The molecule has 2 saturated heterocycles. The predicted octanol–water partition coefficient (Wildman–Crippen LogP) is -0.870. The molecule has 0 bridgehead atoms. The fourth-order valence-corrected chi connectivity index (χ4v) is 4.30. The smallest absolute Gasteiger partial charge is 0.282 e. The number of piperazine rings is 1. The highest BCUT2D eigenvalue weighted by Gasteiger charge is 2.31. The number of rotatable bonds is 6. The molecule has 3 heterocycles. The van der Waals surface area contributed by atoms with E-state index in [1.54, 1.807) is 0 Å². The Bertz CT molecular complexity index is 824. The van der Waals surface area contributed by atoms with E-state index in [1.807, 2.05) is 32.0 Å². The predicted molar refractivity (Wildman–Crippen MR) is 114 cm³/mol. The maximum absolute atomic E-state index is 12.8. The quantitative estimate of drug-likeness (QED) is 0.572. The number of nitrogens with one attached hydrogen (secondary N) is 3. The van der Waals surface area contributed by atoms with Gasteiger partial charge in [0.25, 0.3) is 5.91 Å². The Hall–Kier alpha value is -2.42. The highest BCUT2D eigenvalue weighted by Crippen LogP contribution is 2.19. The number of amides is 1. The van der Waals surface area contributed by atoms with Crippen molar-refractivity contribution in [1.82, 2.24) is 5.16 Å². The summed E-state index contributed by atoms with van der Waals surface area (Å²) in [4.78, 5) is 17.9. The van der Waals surface area contributed by atoms with E-state index in [-0.39, 0.29) is 11.9 Å². The molecule has 2 aliphatic rings. The minimum absolute atomic E-state index is 0.0697. The zero-order valence-electron chi connectivity index (χ0n) is 17.9. The van der Waals surface area contributed by atoms with Crippen molar-refractivity contribution in [2.24, 2.45) is 0 Å². The van der Waals surface area contributed by atoms with Gasteiger partial charge in [-0.05, 0) is 38.1 Å². The van der Waals surface area contributed by atoms with Crippen LogP contribution in [0.4, 0.5) is 11.4 Å². The number of anilines is 2. The van der Waals surface area contributed by atoms with Crippen molar-refractivity contribution >= 4 is 17.3 Å². The third-order valence-corrected chi connectivity index (χ3v) is 6.22. The first-order valence-corrected chi connectivity index (χ1v) is 10.9. The van der Waals surface area contributed by atoms with Crippen molar-refractivity contribution < 1.29 is 23.9 Å². The molecule has 0 unspecified atom stereocenters. The van der Waals surface area contributed by atoms with Crippen molar-refractivity contribution in [2.75, 3.05) is 62.7 Å². The lowest BCUT2D eigenvalue weighted by Gasteiger charge is -2.32. The van der Waals surface area contributed by atoms with E-state index in [4.69, 9.17) is 9.26 Å². The minimum atomic E-state index is -0.0697. The van der Waals surface area contributed by atoms with Crippen LogP contribution in [-0.4, -0.2) is 69.6 Å². The SMILES string of the molecule is Cc1cc(C[NH+]2CC[NH+]([C@@H](C)C(=O)Nc3ccc(N4CCOCC4)cc3)CC2)no1. The molecule has 30 heavy (non-hydrogen) atoms. The highest BCUT2D eigenvalue weighted by atomic mass is 16.5. The number of hydrogen-bond donors (Lipinski definition) is 3. The third kappa shape index (κ3) is 5.19. The van der Waals surface area contributed by atoms with Crippen molar-refractivity contribution in [1.29, 1.82) is 0 Å². The lowest BCUT2D eigenvalue weighted by Crippen LogP contribution is -3.29. The van der Waals surface area contributed by atoms with E-state index in [2.05, 4.69) is 27.5 Å². The number of nitrogens with zero attached hydrogens (tertiary/aromatic N) is 2. The minimum Gasteiger partial charge on any atom is -0.378 e. The van der Waals surface area contributed by atoms with E-state index in [0.717, 1.165) is 76.2 Å². The standard InChI is InChI=1S/C22H31N5O3/c1-17-15-20(24-30-17)16-25-7-9-26(10-8-25)18(2)22(28)23-19-3-5-21(6-4-19)27-11-13-29-14-12-27/h3-6,15,18H,7-14,16H2,1-2H3,(H,23,28)/p+2/t18-/m0/s1. The van der Waals surface area contributed by atoms with E-state index < -0.39 is 0 Å². The second-order valence-corrected chi connectivity index (χ2v) is 8.37. The number of quaternary nitrogens is 2. The fraction of sp³-hybridized carbons (Fsp3) is 0.545. The van der Waals surface area contributed by atoms with Gasteiger partial charge in [-0.25, -0.2) is 0 Å². The Morgan fingerprint density at radius 2 is 1.87 bits per heavy atom. The molecule has 1 atom stereocenters. The monoisotopic (exact) mass is 415 g/mol. The van der Waals surface area contributed by atoms with Crippen LogP contribution in [0.5, 0.6) is 0 Å². The Morgan fingerprint density at radius 3 is 2.50 bits per heavy atom. The molecule has 1 aromatic carbocycles. The van der Waals surface area contributed by atoms with E-state index in [0.29, 0.717) is 0 Å². The van der Waals surface area contributed by atoms with Gasteiger partial charge in [0.15, 0.2) is 6.04 Å². The molecule has 0 aliphatic carbocycles. The van der Waals surface area contributed by atoms with Crippen LogP contribution in [0.25, 0.3) is 0 Å². The molecule has 2 fully saturated rings. The molecular formula is C22H33N5O3+2. The molecule has 162 valence electrons. The average molecular weight is 416 g/mol. The molecule has 0 saturated carbocycles. The molecule has 0 spiro atoms. The van der Waals surface area contributed by atoms with Gasteiger partial charge in [-0.1, -0.05) is 5.16 Å². The van der Waals surface area contributed by atoms with Gasteiger partial charge in [-0.3, -0.25) is 4.79 Å². The van der Waals surface area contributed by atoms with Gasteiger partial charge >= 0.3 is 0 Å². The van der Waals surface area contributed by atoms with Crippen molar-refractivity contribution in [3.05, 3.63) is 41.8 Å². The number of carbonyl (C=O) groups excluding carboxylic acids is 1. The van der Waals surface area contributed by atoms with Crippen LogP contribution in [0.2, 0.25) is 0 Å².